The summed E-state index contributed by atoms with van der Waals surface area (Å²) in [6.45, 7) is 0.823. The number of hydrazone groups is 1. The Bertz CT molecular complexity index is 1090. The van der Waals surface area contributed by atoms with Gasteiger partial charge in [-0.15, -0.1) is 0 Å². The third-order valence-electron chi connectivity index (χ3n) is 5.34. The number of nitrogens with one attached hydrogen (secondary N) is 1. The van der Waals surface area contributed by atoms with Gasteiger partial charge in [-0.1, -0.05) is 0 Å². The van der Waals surface area contributed by atoms with Crippen molar-refractivity contribution in [2.24, 2.45) is 5.10 Å². The van der Waals surface area contributed by atoms with Crippen LogP contribution in [-0.4, -0.2) is 51.3 Å². The molecule has 0 unspecified atom stereocenters. The number of imidazole rings is 1. The standard InChI is InChI=1S/C22H19F2N5O2/c23-16-9-15(10-17(24)11-16)20-5-6-27-29(20)22(30)28-12-19(13-28)31-18-3-1-14(2-4-18)21-25-7-8-26-21/h1-4,6-11,19-20H,5,12-13H2,(H,25,26)/t20-/m0/s1. The molecule has 0 aliphatic carbocycles. The molecule has 1 N–H and O–H groups in total. The Labute approximate surface area is 177 Å². The summed E-state index contributed by atoms with van der Waals surface area (Å²) in [4.78, 5) is 21.7. The Morgan fingerprint density at radius 2 is 1.84 bits per heavy atom. The van der Waals surface area contributed by atoms with Crippen molar-refractivity contribution in [3.8, 4) is 17.1 Å². The Kier molecular flexibility index (Phi) is 4.85. The van der Waals surface area contributed by atoms with Crippen molar-refractivity contribution in [1.29, 1.82) is 0 Å². The molecule has 1 fully saturated rings. The molecule has 3 aromatic rings. The molecule has 1 saturated heterocycles. The average molecular weight is 423 g/mol. The van der Waals surface area contributed by atoms with Gasteiger partial charge in [0.15, 0.2) is 0 Å². The smallest absolute Gasteiger partial charge is 0.341 e. The molecule has 158 valence electrons. The minimum atomic E-state index is -0.676. The third-order valence-corrected chi connectivity index (χ3v) is 5.34. The fourth-order valence-corrected chi connectivity index (χ4v) is 3.76. The van der Waals surface area contributed by atoms with E-state index >= 15 is 0 Å². The molecule has 3 heterocycles. The number of hydrogen-bond donors (Lipinski definition) is 1. The molecule has 0 spiro atoms. The van der Waals surface area contributed by atoms with Crippen LogP contribution in [0.15, 0.2) is 60.0 Å². The quantitative estimate of drug-likeness (QED) is 0.690. The van der Waals surface area contributed by atoms with Crippen LogP contribution in [0.5, 0.6) is 5.75 Å². The van der Waals surface area contributed by atoms with Crippen molar-refractivity contribution in [2.45, 2.75) is 18.6 Å². The molecule has 2 amide bonds. The zero-order valence-electron chi connectivity index (χ0n) is 16.4. The number of carbonyl (C=O) groups is 1. The van der Waals surface area contributed by atoms with Crippen molar-refractivity contribution >= 4 is 12.2 Å². The highest BCUT2D eigenvalue weighted by Crippen LogP contribution is 2.31. The molecule has 2 aliphatic rings. The summed E-state index contributed by atoms with van der Waals surface area (Å²) in [6, 6.07) is 10.00. The maximum atomic E-state index is 13.6. The van der Waals surface area contributed by atoms with Crippen LogP contribution in [0.3, 0.4) is 0 Å². The largest absolute Gasteiger partial charge is 0.487 e. The molecule has 7 nitrogen and oxygen atoms in total. The molecule has 2 aromatic carbocycles. The number of likely N-dealkylation sites (tertiary alicyclic amines) is 1. The van der Waals surface area contributed by atoms with Gasteiger partial charge in [0.2, 0.25) is 0 Å². The second-order valence-corrected chi connectivity index (χ2v) is 7.49. The van der Waals surface area contributed by atoms with E-state index in [1.807, 2.05) is 24.3 Å². The van der Waals surface area contributed by atoms with Crippen LogP contribution >= 0.6 is 0 Å². The number of aromatic nitrogens is 2. The number of carbonyl (C=O) groups excluding carboxylic acids is 1. The normalized spacial score (nSPS) is 18.3. The van der Waals surface area contributed by atoms with Gasteiger partial charge in [-0.2, -0.15) is 5.10 Å². The van der Waals surface area contributed by atoms with Crippen molar-refractivity contribution < 1.29 is 18.3 Å². The summed E-state index contributed by atoms with van der Waals surface area (Å²) < 4.78 is 33.1. The summed E-state index contributed by atoms with van der Waals surface area (Å²) in [7, 11) is 0. The lowest BCUT2D eigenvalue weighted by Crippen LogP contribution is -2.58. The van der Waals surface area contributed by atoms with E-state index in [-0.39, 0.29) is 12.1 Å². The monoisotopic (exact) mass is 423 g/mol. The SMILES string of the molecule is O=C(N1CC(Oc2ccc(-c3ncc[nH]3)cc2)C1)N1N=CC[C@H]1c1cc(F)cc(F)c1. The molecule has 2 aliphatic heterocycles. The van der Waals surface area contributed by atoms with Gasteiger partial charge in [-0.3, -0.25) is 0 Å². The second kappa shape index (κ2) is 7.82. The minimum absolute atomic E-state index is 0.130. The van der Waals surface area contributed by atoms with Gasteiger partial charge in [0.1, 0.15) is 29.3 Å². The number of urea groups is 1. The van der Waals surface area contributed by atoms with E-state index in [9.17, 15) is 13.6 Å². The molecule has 0 bridgehead atoms. The van der Waals surface area contributed by atoms with Crippen LogP contribution in [-0.2, 0) is 0 Å². The summed E-state index contributed by atoms with van der Waals surface area (Å²) >= 11 is 0. The fraction of sp³-hybridized carbons (Fsp3) is 0.227. The molecule has 1 atom stereocenters. The molecular formula is C22H19F2N5O2. The van der Waals surface area contributed by atoms with Crippen LogP contribution in [0.1, 0.15) is 18.0 Å². The number of amides is 2. The molecule has 31 heavy (non-hydrogen) atoms. The van der Waals surface area contributed by atoms with Crippen molar-refractivity contribution in [1.82, 2.24) is 19.9 Å². The van der Waals surface area contributed by atoms with Gasteiger partial charge < -0.3 is 14.6 Å². The topological polar surface area (TPSA) is 73.8 Å². The van der Waals surface area contributed by atoms with E-state index in [2.05, 4.69) is 15.1 Å². The number of hydrogen-bond acceptors (Lipinski definition) is 4. The van der Waals surface area contributed by atoms with E-state index in [1.165, 1.54) is 17.1 Å². The number of benzene rings is 2. The van der Waals surface area contributed by atoms with Gasteiger partial charge >= 0.3 is 6.03 Å². The lowest BCUT2D eigenvalue weighted by atomic mass is 10.0. The number of nitrogens with zero attached hydrogens (tertiary/aromatic N) is 4. The number of halogens is 2. The fourth-order valence-electron chi connectivity index (χ4n) is 3.76. The summed E-state index contributed by atoms with van der Waals surface area (Å²) in [5.41, 5.74) is 1.34. The molecule has 9 heteroatoms. The van der Waals surface area contributed by atoms with Crippen LogP contribution in [0.25, 0.3) is 11.4 Å². The first-order valence-electron chi connectivity index (χ1n) is 9.90. The number of ether oxygens (including phenoxy) is 1. The van der Waals surface area contributed by atoms with Crippen LogP contribution in [0, 0.1) is 11.6 Å². The van der Waals surface area contributed by atoms with Gasteiger partial charge in [0.05, 0.1) is 19.1 Å². The first kappa shape index (κ1) is 19.2. The van der Waals surface area contributed by atoms with Gasteiger partial charge in [-0.05, 0) is 42.0 Å². The molecule has 1 aromatic heterocycles. The Balaban J connectivity index is 1.18. The summed E-state index contributed by atoms with van der Waals surface area (Å²) in [5, 5.41) is 5.40. The van der Waals surface area contributed by atoms with Crippen molar-refractivity contribution in [3.05, 3.63) is 72.1 Å². The maximum Gasteiger partial charge on any atom is 0.341 e. The van der Waals surface area contributed by atoms with Gasteiger partial charge in [0.25, 0.3) is 0 Å². The Morgan fingerprint density at radius 3 is 2.52 bits per heavy atom. The van der Waals surface area contributed by atoms with E-state index < -0.39 is 17.7 Å². The zero-order valence-corrected chi connectivity index (χ0v) is 16.4. The molecule has 5 rings (SSSR count). The van der Waals surface area contributed by atoms with Gasteiger partial charge in [0, 0.05) is 36.7 Å². The lowest BCUT2D eigenvalue weighted by Gasteiger charge is -2.41. The predicted molar refractivity (Wildman–Crippen MR) is 109 cm³/mol. The Morgan fingerprint density at radius 1 is 1.10 bits per heavy atom. The number of aromatic amines is 1. The van der Waals surface area contributed by atoms with E-state index in [4.69, 9.17) is 4.74 Å². The molecular weight excluding hydrogens is 404 g/mol. The highest BCUT2D eigenvalue weighted by molar-refractivity contribution is 5.79. The first-order chi connectivity index (χ1) is 15.1. The molecule has 0 saturated carbocycles. The van der Waals surface area contributed by atoms with Crippen molar-refractivity contribution in [2.75, 3.05) is 13.1 Å². The molecule has 0 radical (unpaired) electrons. The Hall–Kier alpha value is -3.75. The van der Waals surface area contributed by atoms with Crippen LogP contribution < -0.4 is 4.74 Å². The maximum absolute atomic E-state index is 13.6. The first-order valence-corrected chi connectivity index (χ1v) is 9.90. The predicted octanol–water partition coefficient (Wildman–Crippen LogP) is 3.97. The van der Waals surface area contributed by atoms with E-state index in [0.29, 0.717) is 30.8 Å². The van der Waals surface area contributed by atoms with E-state index in [1.54, 1.807) is 23.5 Å². The van der Waals surface area contributed by atoms with Crippen molar-refractivity contribution in [3.63, 3.8) is 0 Å². The zero-order chi connectivity index (χ0) is 21.4. The van der Waals surface area contributed by atoms with E-state index in [0.717, 1.165) is 17.5 Å². The third kappa shape index (κ3) is 3.86. The second-order valence-electron chi connectivity index (χ2n) is 7.49. The summed E-state index contributed by atoms with van der Waals surface area (Å²) in [5.74, 6) is 0.139. The lowest BCUT2D eigenvalue weighted by molar-refractivity contribution is 0.0277. The number of H-pyrrole nitrogens is 1. The minimum Gasteiger partial charge on any atom is -0.487 e. The highest BCUT2D eigenvalue weighted by Gasteiger charge is 2.39. The highest BCUT2D eigenvalue weighted by atomic mass is 19.1. The summed E-state index contributed by atoms with van der Waals surface area (Å²) in [6.07, 6.45) is 5.32. The number of rotatable bonds is 4. The van der Waals surface area contributed by atoms with Crippen LogP contribution in [0.4, 0.5) is 13.6 Å². The van der Waals surface area contributed by atoms with Gasteiger partial charge in [-0.25, -0.2) is 23.6 Å². The average Bonchev–Trinajstić information content (AvgIpc) is 3.41. The van der Waals surface area contributed by atoms with Crippen LogP contribution in [0.2, 0.25) is 0 Å².